The van der Waals surface area contributed by atoms with Gasteiger partial charge in [-0.05, 0) is 91.5 Å². The zero-order valence-corrected chi connectivity index (χ0v) is 21.2. The summed E-state index contributed by atoms with van der Waals surface area (Å²) >= 11 is 0. The molecule has 0 heteroatoms. The van der Waals surface area contributed by atoms with Crippen LogP contribution >= 0.6 is 0 Å². The van der Waals surface area contributed by atoms with Gasteiger partial charge in [-0.15, -0.1) is 0 Å². The third-order valence-electron chi connectivity index (χ3n) is 8.02. The minimum atomic E-state index is 0.0909. The minimum Gasteiger partial charge on any atom is -0.0622 e. The molecule has 0 fully saturated rings. The van der Waals surface area contributed by atoms with Crippen molar-refractivity contribution in [2.45, 2.75) is 19.8 Å². The van der Waals surface area contributed by atoms with E-state index in [0.29, 0.717) is 0 Å². The Labute approximate surface area is 218 Å². The fraction of sp³-hybridized carbons (Fsp3) is 0.0811. The van der Waals surface area contributed by atoms with Crippen molar-refractivity contribution in [2.75, 3.05) is 0 Å². The fourth-order valence-electron chi connectivity index (χ4n) is 6.38. The van der Waals surface area contributed by atoms with Gasteiger partial charge in [0.25, 0.3) is 0 Å². The molecule has 0 spiro atoms. The molecule has 0 radical (unpaired) electrons. The van der Waals surface area contributed by atoms with Crippen LogP contribution in [0.4, 0.5) is 0 Å². The lowest BCUT2D eigenvalue weighted by atomic mass is 9.79. The lowest BCUT2D eigenvalue weighted by molar-refractivity contribution is 1.02. The van der Waals surface area contributed by atoms with Crippen LogP contribution in [0.5, 0.6) is 0 Å². The molecule has 3 aromatic carbocycles. The normalized spacial score (nSPS) is 11.8. The molecule has 0 N–H and O–H groups in total. The maximum Gasteiger partial charge on any atom is 0.0364 e. The quantitative estimate of drug-likeness (QED) is 0.224. The van der Waals surface area contributed by atoms with Crippen molar-refractivity contribution in [3.8, 4) is 22.3 Å². The largest absolute Gasteiger partial charge is 0.0622 e. The molecule has 0 heterocycles. The summed E-state index contributed by atoms with van der Waals surface area (Å²) < 4.78 is 0. The van der Waals surface area contributed by atoms with Gasteiger partial charge < -0.3 is 0 Å². The summed E-state index contributed by atoms with van der Waals surface area (Å²) in [4.78, 5) is 0. The molecule has 4 aliphatic carbocycles. The van der Waals surface area contributed by atoms with E-state index >= 15 is 0 Å². The average Bonchev–Trinajstić information content (AvgIpc) is 3.17. The first-order valence-corrected chi connectivity index (χ1v) is 13.1. The van der Waals surface area contributed by atoms with E-state index in [9.17, 15) is 0 Å². The number of hydrogen-bond donors (Lipinski definition) is 0. The molecule has 37 heavy (non-hydrogen) atoms. The Bertz CT molecular complexity index is 1720. The van der Waals surface area contributed by atoms with Crippen molar-refractivity contribution in [2.24, 2.45) is 0 Å². The van der Waals surface area contributed by atoms with Crippen molar-refractivity contribution in [1.29, 1.82) is 0 Å². The predicted octanol–water partition coefficient (Wildman–Crippen LogP) is 10.00. The van der Waals surface area contributed by atoms with Gasteiger partial charge in [-0.25, -0.2) is 0 Å². The Hall–Kier alpha value is -4.42. The van der Waals surface area contributed by atoms with Gasteiger partial charge in [0.05, 0.1) is 0 Å². The molecular weight excluding hydrogens is 444 g/mol. The summed E-state index contributed by atoms with van der Waals surface area (Å²) in [6.07, 6.45) is 0. The Balaban J connectivity index is 1.67. The van der Waals surface area contributed by atoms with Gasteiger partial charge in [0.1, 0.15) is 0 Å². The zero-order chi connectivity index (χ0) is 24.9. The van der Waals surface area contributed by atoms with Crippen LogP contribution in [0.15, 0.2) is 127 Å². The zero-order valence-electron chi connectivity index (χ0n) is 21.2. The van der Waals surface area contributed by atoms with Crippen molar-refractivity contribution in [3.05, 3.63) is 155 Å². The fourth-order valence-corrected chi connectivity index (χ4v) is 6.38. The van der Waals surface area contributed by atoms with Crippen LogP contribution in [0.2, 0.25) is 0 Å². The summed E-state index contributed by atoms with van der Waals surface area (Å²) in [6.45, 7) is 4.50. The second-order valence-corrected chi connectivity index (χ2v) is 10.2. The second-order valence-electron chi connectivity index (χ2n) is 10.2. The highest BCUT2D eigenvalue weighted by atomic mass is 14.3. The Morgan fingerprint density at radius 3 is 1.30 bits per heavy atom. The third-order valence-corrected chi connectivity index (χ3v) is 8.02. The maximum atomic E-state index is 2.43. The van der Waals surface area contributed by atoms with E-state index < -0.39 is 0 Å². The lowest BCUT2D eigenvalue weighted by Gasteiger charge is -2.24. The SMILES string of the molecule is Cc1cc(C(c2cc(C)c3cccccc2-3)c2c3ccccc3cc3ccccc23)c2cccccc1-2. The summed E-state index contributed by atoms with van der Waals surface area (Å²) in [5.41, 5.74) is 12.1. The summed E-state index contributed by atoms with van der Waals surface area (Å²) in [5.74, 6) is 0.0909. The molecule has 0 saturated heterocycles. The molecule has 0 saturated carbocycles. The highest BCUT2D eigenvalue weighted by Crippen LogP contribution is 2.49. The second kappa shape index (κ2) is 8.61. The minimum absolute atomic E-state index is 0.0909. The van der Waals surface area contributed by atoms with Crippen LogP contribution in [0.1, 0.15) is 33.7 Å². The number of benzene rings is 3. The van der Waals surface area contributed by atoms with Crippen molar-refractivity contribution in [1.82, 2.24) is 0 Å². The van der Waals surface area contributed by atoms with E-state index in [1.54, 1.807) is 0 Å². The molecule has 176 valence electrons. The lowest BCUT2D eigenvalue weighted by Crippen LogP contribution is -2.05. The van der Waals surface area contributed by atoms with Gasteiger partial charge in [0.15, 0.2) is 0 Å². The predicted molar refractivity (Wildman–Crippen MR) is 158 cm³/mol. The molecule has 4 aliphatic rings. The molecule has 0 atom stereocenters. The van der Waals surface area contributed by atoms with Gasteiger partial charge in [-0.1, -0.05) is 121 Å². The van der Waals surface area contributed by atoms with Gasteiger partial charge in [0, 0.05) is 5.92 Å². The summed E-state index contributed by atoms with van der Waals surface area (Å²) in [5, 5.41) is 5.23. The summed E-state index contributed by atoms with van der Waals surface area (Å²) in [7, 11) is 0. The van der Waals surface area contributed by atoms with Crippen LogP contribution in [-0.4, -0.2) is 0 Å². The molecule has 0 amide bonds. The van der Waals surface area contributed by atoms with Crippen LogP contribution in [0.25, 0.3) is 43.8 Å². The maximum absolute atomic E-state index is 2.43. The van der Waals surface area contributed by atoms with Gasteiger partial charge in [0.2, 0.25) is 0 Å². The van der Waals surface area contributed by atoms with Crippen molar-refractivity contribution in [3.63, 3.8) is 0 Å². The first kappa shape index (κ1) is 21.8. The topological polar surface area (TPSA) is 0 Å². The van der Waals surface area contributed by atoms with Crippen molar-refractivity contribution < 1.29 is 0 Å². The number of aryl methyl sites for hydroxylation is 2. The smallest absolute Gasteiger partial charge is 0.0364 e. The Kier molecular flexibility index (Phi) is 5.08. The van der Waals surface area contributed by atoms with Gasteiger partial charge in [-0.3, -0.25) is 0 Å². The van der Waals surface area contributed by atoms with E-state index in [1.165, 1.54) is 71.6 Å². The van der Waals surface area contributed by atoms with E-state index in [4.69, 9.17) is 0 Å². The Morgan fingerprint density at radius 1 is 0.405 bits per heavy atom. The summed E-state index contributed by atoms with van der Waals surface area (Å²) in [6, 6.07) is 47.1. The van der Waals surface area contributed by atoms with Gasteiger partial charge in [-0.2, -0.15) is 0 Å². The number of fused-ring (bicyclic) bond motifs is 4. The highest BCUT2D eigenvalue weighted by molar-refractivity contribution is 6.04. The third kappa shape index (κ3) is 3.44. The molecule has 7 rings (SSSR count). The van der Waals surface area contributed by atoms with Crippen LogP contribution in [0, 0.1) is 13.8 Å². The van der Waals surface area contributed by atoms with Crippen molar-refractivity contribution >= 4 is 21.5 Å². The average molecular weight is 473 g/mol. The molecule has 0 unspecified atom stereocenters. The molecule has 0 aliphatic heterocycles. The standard InChI is InChI=1S/C37H28/c1-24-21-34(32-19-7-3-5-15-28(24)32)37(35-22-25(2)29-16-6-4-8-20-33(29)35)36-30-17-11-9-13-26(30)23-27-14-10-12-18-31(27)36/h3-23,37H,1-2H3. The monoisotopic (exact) mass is 472 g/mol. The molecule has 0 nitrogen and oxygen atoms in total. The van der Waals surface area contributed by atoms with E-state index in [0.717, 1.165) is 0 Å². The highest BCUT2D eigenvalue weighted by Gasteiger charge is 2.30. The molecular formula is C37H28. The molecule has 3 aromatic rings. The first-order chi connectivity index (χ1) is 18.2. The number of rotatable bonds is 3. The van der Waals surface area contributed by atoms with Crippen LogP contribution < -0.4 is 0 Å². The Morgan fingerprint density at radius 2 is 0.811 bits per heavy atom. The van der Waals surface area contributed by atoms with E-state index in [-0.39, 0.29) is 5.92 Å². The molecule has 0 aromatic heterocycles. The number of hydrogen-bond acceptors (Lipinski definition) is 0. The van der Waals surface area contributed by atoms with Gasteiger partial charge >= 0.3 is 0 Å². The van der Waals surface area contributed by atoms with E-state index in [1.807, 2.05) is 0 Å². The van der Waals surface area contributed by atoms with E-state index in [2.05, 4.69) is 141 Å². The van der Waals surface area contributed by atoms with Crippen LogP contribution in [0.3, 0.4) is 0 Å². The molecule has 0 bridgehead atoms. The van der Waals surface area contributed by atoms with Crippen LogP contribution in [-0.2, 0) is 0 Å². The first-order valence-electron chi connectivity index (χ1n) is 13.1.